The van der Waals surface area contributed by atoms with Crippen molar-refractivity contribution in [3.63, 3.8) is 0 Å². The molecule has 3 aromatic rings. The van der Waals surface area contributed by atoms with Crippen molar-refractivity contribution in [1.29, 1.82) is 0 Å². The zero-order valence-electron chi connectivity index (χ0n) is 15.0. The van der Waals surface area contributed by atoms with Crippen LogP contribution in [-0.2, 0) is 0 Å². The van der Waals surface area contributed by atoms with Crippen molar-refractivity contribution in [1.82, 2.24) is 0 Å². The molecule has 0 atom stereocenters. The summed E-state index contributed by atoms with van der Waals surface area (Å²) in [5, 5.41) is 9.58. The third-order valence-electron chi connectivity index (χ3n) is 4.42. The Morgan fingerprint density at radius 1 is 0.926 bits per heavy atom. The first-order valence-corrected chi connectivity index (χ1v) is 8.50. The zero-order chi connectivity index (χ0) is 19.7. The second-order valence-corrected chi connectivity index (χ2v) is 6.71. The van der Waals surface area contributed by atoms with Crippen LogP contribution < -0.4 is 5.73 Å². The number of carbonyl (C=O) groups is 1. The van der Waals surface area contributed by atoms with Crippen molar-refractivity contribution in [2.75, 3.05) is 0 Å². The van der Waals surface area contributed by atoms with Gasteiger partial charge in [0.15, 0.2) is 0 Å². The second kappa shape index (κ2) is 7.19. The molecule has 3 rings (SSSR count). The van der Waals surface area contributed by atoms with Gasteiger partial charge in [-0.3, -0.25) is 4.79 Å². The molecular weight excluding hydrogens is 348 g/mol. The molecule has 3 N–H and O–H groups in total. The minimum absolute atomic E-state index is 0.0900. The lowest BCUT2D eigenvalue weighted by Gasteiger charge is -2.18. The third kappa shape index (κ3) is 3.82. The quantitative estimate of drug-likeness (QED) is 0.663. The number of amides is 1. The van der Waals surface area contributed by atoms with E-state index in [2.05, 4.69) is 0 Å². The lowest BCUT2D eigenvalue weighted by Crippen LogP contribution is -2.14. The minimum atomic E-state index is -0.745. The van der Waals surface area contributed by atoms with E-state index in [0.29, 0.717) is 16.7 Å². The van der Waals surface area contributed by atoms with E-state index in [1.54, 1.807) is 18.2 Å². The molecule has 0 aromatic heterocycles. The highest BCUT2D eigenvalue weighted by atomic mass is 19.1. The summed E-state index contributed by atoms with van der Waals surface area (Å²) in [6.07, 6.45) is 0. The number of phenolic OH excluding ortho intramolecular Hbond substituents is 1. The molecule has 0 aliphatic heterocycles. The van der Waals surface area contributed by atoms with Crippen molar-refractivity contribution in [2.24, 2.45) is 5.73 Å². The third-order valence-corrected chi connectivity index (χ3v) is 4.42. The van der Waals surface area contributed by atoms with Gasteiger partial charge in [0.1, 0.15) is 17.4 Å². The second-order valence-electron chi connectivity index (χ2n) is 6.71. The molecule has 0 fully saturated rings. The number of hydrogen-bond acceptors (Lipinski definition) is 2. The van der Waals surface area contributed by atoms with Crippen LogP contribution in [0.4, 0.5) is 8.78 Å². The van der Waals surface area contributed by atoms with Crippen LogP contribution >= 0.6 is 0 Å². The van der Waals surface area contributed by atoms with E-state index >= 15 is 0 Å². The Bertz CT molecular complexity index is 991. The number of nitrogens with two attached hydrogens (primary N) is 1. The average molecular weight is 367 g/mol. The van der Waals surface area contributed by atoms with E-state index in [-0.39, 0.29) is 22.8 Å². The summed E-state index contributed by atoms with van der Waals surface area (Å²) in [4.78, 5) is 12.2. The molecule has 5 heteroatoms. The first-order chi connectivity index (χ1) is 12.8. The number of rotatable bonds is 4. The SMILES string of the molecule is CC(C)c1cc(C(N)=O)c(-c2cc(F)cc(F)c2)c(-c2ccc(O)cc2)c1. The molecule has 0 heterocycles. The number of hydrogen-bond donors (Lipinski definition) is 2. The van der Waals surface area contributed by atoms with Crippen LogP contribution in [0.1, 0.15) is 35.7 Å². The number of carbonyl (C=O) groups excluding carboxylic acids is 1. The molecule has 0 saturated carbocycles. The maximum absolute atomic E-state index is 13.9. The predicted molar refractivity (Wildman–Crippen MR) is 102 cm³/mol. The first kappa shape index (κ1) is 18.6. The van der Waals surface area contributed by atoms with Gasteiger partial charge >= 0.3 is 0 Å². The Balaban J connectivity index is 2.41. The Kier molecular flexibility index (Phi) is 4.95. The molecule has 3 nitrogen and oxygen atoms in total. The Morgan fingerprint density at radius 3 is 2.04 bits per heavy atom. The number of benzene rings is 3. The molecule has 138 valence electrons. The van der Waals surface area contributed by atoms with Crippen molar-refractivity contribution in [3.05, 3.63) is 77.4 Å². The van der Waals surface area contributed by atoms with Crippen LogP contribution in [0.3, 0.4) is 0 Å². The predicted octanol–water partition coefficient (Wildman–Crippen LogP) is 5.23. The minimum Gasteiger partial charge on any atom is -0.508 e. The van der Waals surface area contributed by atoms with Gasteiger partial charge in [-0.1, -0.05) is 32.0 Å². The molecule has 0 aliphatic rings. The summed E-state index contributed by atoms with van der Waals surface area (Å²) in [5.74, 6) is -1.98. The van der Waals surface area contributed by atoms with E-state index in [1.807, 2.05) is 19.9 Å². The molecule has 0 unspecified atom stereocenters. The van der Waals surface area contributed by atoms with Crippen molar-refractivity contribution < 1.29 is 18.7 Å². The standard InChI is InChI=1S/C22H19F2NO2/c1-12(2)14-9-19(13-3-5-18(26)6-4-13)21(20(10-14)22(25)27)15-7-16(23)11-17(24)8-15/h3-12,26H,1-2H3,(H2,25,27). The highest BCUT2D eigenvalue weighted by Crippen LogP contribution is 2.38. The molecule has 0 aliphatic carbocycles. The lowest BCUT2D eigenvalue weighted by molar-refractivity contribution is 0.100. The maximum atomic E-state index is 13.9. The van der Waals surface area contributed by atoms with E-state index in [4.69, 9.17) is 5.73 Å². The zero-order valence-corrected chi connectivity index (χ0v) is 15.0. The Labute approximate surface area is 156 Å². The molecule has 3 aromatic carbocycles. The molecule has 0 bridgehead atoms. The normalized spacial score (nSPS) is 11.0. The van der Waals surface area contributed by atoms with Crippen LogP contribution in [0, 0.1) is 11.6 Å². The number of phenols is 1. The maximum Gasteiger partial charge on any atom is 0.249 e. The van der Waals surface area contributed by atoms with E-state index in [0.717, 1.165) is 11.6 Å². The summed E-state index contributed by atoms with van der Waals surface area (Å²) >= 11 is 0. The van der Waals surface area contributed by atoms with Crippen molar-refractivity contribution in [2.45, 2.75) is 19.8 Å². The molecule has 1 amide bonds. The van der Waals surface area contributed by atoms with Crippen molar-refractivity contribution >= 4 is 5.91 Å². The van der Waals surface area contributed by atoms with Gasteiger partial charge in [-0.15, -0.1) is 0 Å². The molecular formula is C22H19F2NO2. The molecule has 0 spiro atoms. The Morgan fingerprint density at radius 2 is 1.52 bits per heavy atom. The summed E-state index contributed by atoms with van der Waals surface area (Å²) in [5.41, 5.74) is 8.54. The van der Waals surface area contributed by atoms with Gasteiger partial charge in [0.05, 0.1) is 0 Å². The van der Waals surface area contributed by atoms with Crippen LogP contribution in [0.2, 0.25) is 0 Å². The van der Waals surface area contributed by atoms with Gasteiger partial charge < -0.3 is 10.8 Å². The van der Waals surface area contributed by atoms with Crippen LogP contribution in [0.5, 0.6) is 5.75 Å². The first-order valence-electron chi connectivity index (χ1n) is 8.50. The van der Waals surface area contributed by atoms with Crippen LogP contribution in [-0.4, -0.2) is 11.0 Å². The topological polar surface area (TPSA) is 63.3 Å². The van der Waals surface area contributed by atoms with Gasteiger partial charge in [-0.05, 0) is 58.5 Å². The van der Waals surface area contributed by atoms with Gasteiger partial charge in [0.25, 0.3) is 0 Å². The lowest BCUT2D eigenvalue weighted by atomic mass is 9.86. The molecule has 27 heavy (non-hydrogen) atoms. The fraction of sp³-hybridized carbons (Fsp3) is 0.136. The fourth-order valence-corrected chi connectivity index (χ4v) is 3.07. The van der Waals surface area contributed by atoms with E-state index in [1.165, 1.54) is 24.3 Å². The number of aromatic hydroxyl groups is 1. The van der Waals surface area contributed by atoms with E-state index in [9.17, 15) is 18.7 Å². The highest BCUT2D eigenvalue weighted by Gasteiger charge is 2.20. The van der Waals surface area contributed by atoms with Crippen molar-refractivity contribution in [3.8, 4) is 28.0 Å². The molecule has 0 radical (unpaired) electrons. The average Bonchev–Trinajstić information content (AvgIpc) is 2.60. The van der Waals surface area contributed by atoms with Gasteiger partial charge in [0.2, 0.25) is 5.91 Å². The molecule has 0 saturated heterocycles. The smallest absolute Gasteiger partial charge is 0.249 e. The largest absolute Gasteiger partial charge is 0.508 e. The fourth-order valence-electron chi connectivity index (χ4n) is 3.07. The number of halogens is 2. The van der Waals surface area contributed by atoms with Gasteiger partial charge in [0, 0.05) is 17.2 Å². The van der Waals surface area contributed by atoms with Crippen LogP contribution in [0.25, 0.3) is 22.3 Å². The summed E-state index contributed by atoms with van der Waals surface area (Å²) < 4.78 is 27.7. The summed E-state index contributed by atoms with van der Waals surface area (Å²) in [7, 11) is 0. The summed E-state index contributed by atoms with van der Waals surface area (Å²) in [6.45, 7) is 3.95. The van der Waals surface area contributed by atoms with Gasteiger partial charge in [-0.2, -0.15) is 0 Å². The number of primary amides is 1. The van der Waals surface area contributed by atoms with E-state index < -0.39 is 17.5 Å². The Hall–Kier alpha value is -3.21. The monoisotopic (exact) mass is 367 g/mol. The van der Waals surface area contributed by atoms with Crippen LogP contribution in [0.15, 0.2) is 54.6 Å². The van der Waals surface area contributed by atoms with Gasteiger partial charge in [-0.25, -0.2) is 8.78 Å². The highest BCUT2D eigenvalue weighted by molar-refractivity contribution is 6.04. The summed E-state index contributed by atoms with van der Waals surface area (Å²) in [6, 6.07) is 13.0.